The summed E-state index contributed by atoms with van der Waals surface area (Å²) in [5.41, 5.74) is 4.55. The summed E-state index contributed by atoms with van der Waals surface area (Å²) in [5, 5.41) is 0. The lowest BCUT2D eigenvalue weighted by atomic mass is 10.1. The molecule has 1 heterocycles. The van der Waals surface area contributed by atoms with Crippen LogP contribution in [0.3, 0.4) is 0 Å². The van der Waals surface area contributed by atoms with E-state index in [1.54, 1.807) is 7.11 Å². The number of anilines is 1. The van der Waals surface area contributed by atoms with Crippen molar-refractivity contribution >= 4 is 11.6 Å². The van der Waals surface area contributed by atoms with E-state index >= 15 is 0 Å². The maximum atomic E-state index is 12.7. The van der Waals surface area contributed by atoms with Gasteiger partial charge in [-0.15, -0.1) is 0 Å². The standard InChI is InChI=1S/C16H26N4O4/c1-10(11-5-6-11)20(7-8-24-4)9-12(21)13-14(17)18(2)16(23)19(3)15(13)22/h10-11H,5-9,17H2,1-4H3/t10-/m0/s1. The highest BCUT2D eigenvalue weighted by atomic mass is 16.5. The first-order valence-electron chi connectivity index (χ1n) is 8.11. The Morgan fingerprint density at radius 1 is 1.33 bits per heavy atom. The molecule has 1 aromatic heterocycles. The third-order valence-electron chi connectivity index (χ3n) is 4.80. The molecule has 1 aliphatic rings. The minimum absolute atomic E-state index is 0.0820. The maximum absolute atomic E-state index is 12.7. The van der Waals surface area contributed by atoms with Crippen LogP contribution in [0.5, 0.6) is 0 Å². The van der Waals surface area contributed by atoms with E-state index in [2.05, 4.69) is 6.92 Å². The van der Waals surface area contributed by atoms with Crippen molar-refractivity contribution < 1.29 is 9.53 Å². The van der Waals surface area contributed by atoms with Gasteiger partial charge in [0, 0.05) is 33.8 Å². The first-order chi connectivity index (χ1) is 11.3. The van der Waals surface area contributed by atoms with E-state index in [0.717, 1.165) is 22.0 Å². The van der Waals surface area contributed by atoms with E-state index in [4.69, 9.17) is 10.5 Å². The lowest BCUT2D eigenvalue weighted by Crippen LogP contribution is -2.45. The molecular weight excluding hydrogens is 312 g/mol. The number of carbonyl (C=O) groups excluding carboxylic acids is 1. The third-order valence-corrected chi connectivity index (χ3v) is 4.80. The zero-order valence-electron chi connectivity index (χ0n) is 14.7. The van der Waals surface area contributed by atoms with Crippen LogP contribution in [0.1, 0.15) is 30.1 Å². The maximum Gasteiger partial charge on any atom is 0.332 e. The SMILES string of the molecule is COCCN(CC(=O)c1c(N)n(C)c(=O)n(C)c1=O)[C@@H](C)C1CC1. The summed E-state index contributed by atoms with van der Waals surface area (Å²) in [5.74, 6) is 0.126. The molecule has 2 N–H and O–H groups in total. The topological polar surface area (TPSA) is 99.6 Å². The van der Waals surface area contributed by atoms with E-state index in [0.29, 0.717) is 19.1 Å². The summed E-state index contributed by atoms with van der Waals surface area (Å²) in [6, 6.07) is 0.238. The van der Waals surface area contributed by atoms with Crippen molar-refractivity contribution in [3.63, 3.8) is 0 Å². The predicted octanol–water partition coefficient (Wildman–Crippen LogP) is -0.404. The van der Waals surface area contributed by atoms with E-state index in [1.165, 1.54) is 14.1 Å². The Labute approximate surface area is 140 Å². The number of rotatable bonds is 8. The van der Waals surface area contributed by atoms with Crippen LogP contribution in [0.25, 0.3) is 0 Å². The molecule has 0 spiro atoms. The molecule has 1 atom stereocenters. The highest BCUT2D eigenvalue weighted by Crippen LogP contribution is 2.35. The number of aromatic nitrogens is 2. The van der Waals surface area contributed by atoms with E-state index < -0.39 is 11.2 Å². The fourth-order valence-electron chi connectivity index (χ4n) is 2.90. The molecule has 0 aliphatic heterocycles. The van der Waals surface area contributed by atoms with Crippen molar-refractivity contribution in [2.75, 3.05) is 32.5 Å². The second kappa shape index (κ2) is 7.31. The van der Waals surface area contributed by atoms with Gasteiger partial charge < -0.3 is 10.5 Å². The zero-order valence-corrected chi connectivity index (χ0v) is 14.7. The van der Waals surface area contributed by atoms with Gasteiger partial charge in [0.2, 0.25) is 0 Å². The predicted molar refractivity (Wildman–Crippen MR) is 91.3 cm³/mol. The number of hydrogen-bond acceptors (Lipinski definition) is 6. The van der Waals surface area contributed by atoms with Crippen LogP contribution < -0.4 is 17.0 Å². The van der Waals surface area contributed by atoms with E-state index in [9.17, 15) is 14.4 Å². The van der Waals surface area contributed by atoms with Gasteiger partial charge in [-0.25, -0.2) is 4.79 Å². The van der Waals surface area contributed by atoms with Crippen LogP contribution in [0.2, 0.25) is 0 Å². The van der Waals surface area contributed by atoms with Gasteiger partial charge in [-0.1, -0.05) is 0 Å². The minimum Gasteiger partial charge on any atom is -0.384 e. The molecule has 0 radical (unpaired) electrons. The molecule has 0 amide bonds. The van der Waals surface area contributed by atoms with E-state index in [-0.39, 0.29) is 29.8 Å². The van der Waals surface area contributed by atoms with Crippen molar-refractivity contribution in [3.8, 4) is 0 Å². The van der Waals surface area contributed by atoms with Crippen LogP contribution in [0.4, 0.5) is 5.82 Å². The molecular formula is C16H26N4O4. The van der Waals surface area contributed by atoms with Gasteiger partial charge in [0.1, 0.15) is 11.4 Å². The quantitative estimate of drug-likeness (QED) is 0.647. The molecule has 2 rings (SSSR count). The smallest absolute Gasteiger partial charge is 0.332 e. The van der Waals surface area contributed by atoms with Gasteiger partial charge in [0.25, 0.3) is 5.56 Å². The molecule has 1 aromatic rings. The van der Waals surface area contributed by atoms with Gasteiger partial charge in [0.15, 0.2) is 5.78 Å². The fraction of sp³-hybridized carbons (Fsp3) is 0.688. The fourth-order valence-corrected chi connectivity index (χ4v) is 2.90. The summed E-state index contributed by atoms with van der Waals surface area (Å²) in [6.45, 7) is 3.28. The van der Waals surface area contributed by atoms with Crippen molar-refractivity contribution in [2.24, 2.45) is 20.0 Å². The highest BCUT2D eigenvalue weighted by Gasteiger charge is 2.33. The Morgan fingerprint density at radius 3 is 2.50 bits per heavy atom. The van der Waals surface area contributed by atoms with Gasteiger partial charge in [-0.3, -0.25) is 23.6 Å². The number of nitrogens with zero attached hydrogens (tertiary/aromatic N) is 3. The molecule has 8 heteroatoms. The number of nitrogens with two attached hydrogens (primary N) is 1. The zero-order chi connectivity index (χ0) is 18.0. The summed E-state index contributed by atoms with van der Waals surface area (Å²) in [6.07, 6.45) is 2.31. The summed E-state index contributed by atoms with van der Waals surface area (Å²) in [7, 11) is 4.41. The molecule has 0 aromatic carbocycles. The molecule has 1 aliphatic carbocycles. The molecule has 24 heavy (non-hydrogen) atoms. The second-order valence-electron chi connectivity index (χ2n) is 6.43. The largest absolute Gasteiger partial charge is 0.384 e. The van der Waals surface area contributed by atoms with Crippen LogP contribution in [-0.4, -0.2) is 52.7 Å². The number of hydrogen-bond donors (Lipinski definition) is 1. The van der Waals surface area contributed by atoms with Crippen molar-refractivity contribution in [1.82, 2.24) is 14.0 Å². The first-order valence-corrected chi connectivity index (χ1v) is 8.11. The van der Waals surface area contributed by atoms with Crippen LogP contribution in [0, 0.1) is 5.92 Å². The lowest BCUT2D eigenvalue weighted by molar-refractivity contribution is 0.0814. The monoisotopic (exact) mass is 338 g/mol. The summed E-state index contributed by atoms with van der Waals surface area (Å²) >= 11 is 0. The van der Waals surface area contributed by atoms with Crippen molar-refractivity contribution in [3.05, 3.63) is 26.4 Å². The van der Waals surface area contributed by atoms with Gasteiger partial charge in [-0.05, 0) is 25.7 Å². The molecule has 1 fully saturated rings. The van der Waals surface area contributed by atoms with Gasteiger partial charge >= 0.3 is 5.69 Å². The number of carbonyl (C=O) groups is 1. The third kappa shape index (κ3) is 3.59. The van der Waals surface area contributed by atoms with Gasteiger partial charge in [-0.2, -0.15) is 0 Å². The second-order valence-corrected chi connectivity index (χ2v) is 6.43. The summed E-state index contributed by atoms with van der Waals surface area (Å²) in [4.78, 5) is 38.9. The van der Waals surface area contributed by atoms with E-state index in [1.807, 2.05) is 4.90 Å². The molecule has 8 nitrogen and oxygen atoms in total. The van der Waals surface area contributed by atoms with Crippen LogP contribution >= 0.6 is 0 Å². The molecule has 0 saturated heterocycles. The Morgan fingerprint density at radius 2 is 1.96 bits per heavy atom. The number of methoxy groups -OCH3 is 1. The minimum atomic E-state index is -0.647. The number of nitrogen functional groups attached to an aromatic ring is 1. The Kier molecular flexibility index (Phi) is 5.61. The number of ether oxygens (including phenoxy) is 1. The first kappa shape index (κ1) is 18.4. The molecule has 134 valence electrons. The van der Waals surface area contributed by atoms with Crippen LogP contribution in [0.15, 0.2) is 9.59 Å². The molecule has 0 bridgehead atoms. The molecule has 0 unspecified atom stereocenters. The highest BCUT2D eigenvalue weighted by molar-refractivity contribution is 6.01. The Bertz CT molecular complexity index is 733. The van der Waals surface area contributed by atoms with Crippen molar-refractivity contribution in [2.45, 2.75) is 25.8 Å². The Hall–Kier alpha value is -1.93. The van der Waals surface area contributed by atoms with Crippen LogP contribution in [-0.2, 0) is 18.8 Å². The molecule has 1 saturated carbocycles. The average molecular weight is 338 g/mol. The normalized spacial score (nSPS) is 15.7. The number of ketones is 1. The average Bonchev–Trinajstić information content (AvgIpc) is 3.39. The van der Waals surface area contributed by atoms with Crippen molar-refractivity contribution in [1.29, 1.82) is 0 Å². The number of Topliss-reactive ketones (excluding diaryl/α,β-unsaturated/α-hetero) is 1. The van der Waals surface area contributed by atoms with Gasteiger partial charge in [0.05, 0.1) is 13.2 Å². The lowest BCUT2D eigenvalue weighted by Gasteiger charge is -2.28. The Balaban J connectivity index is 2.30. The summed E-state index contributed by atoms with van der Waals surface area (Å²) < 4.78 is 7.16.